The molecule has 0 aliphatic heterocycles. The van der Waals surface area contributed by atoms with E-state index < -0.39 is 6.03 Å². The molecule has 0 saturated heterocycles. The zero-order chi connectivity index (χ0) is 13.0. The summed E-state index contributed by atoms with van der Waals surface area (Å²) in [7, 11) is 0. The summed E-state index contributed by atoms with van der Waals surface area (Å²) in [6.07, 6.45) is 3.99. The van der Waals surface area contributed by atoms with Crippen LogP contribution in [0.15, 0.2) is 33.4 Å². The van der Waals surface area contributed by atoms with Gasteiger partial charge in [-0.25, -0.2) is 4.79 Å². The summed E-state index contributed by atoms with van der Waals surface area (Å²) in [5, 5.41) is 19.2. The summed E-state index contributed by atoms with van der Waals surface area (Å²) >= 11 is 4.25. The average Bonchev–Trinajstić information content (AvgIpc) is 2.28. The van der Waals surface area contributed by atoms with Gasteiger partial charge in [-0.1, -0.05) is 0 Å². The van der Waals surface area contributed by atoms with Crippen LogP contribution in [0.4, 0.5) is 4.79 Å². The van der Waals surface area contributed by atoms with Crippen molar-refractivity contribution in [2.24, 2.45) is 20.9 Å². The molecule has 17 heavy (non-hydrogen) atoms. The number of carbonyl (C=O) groups is 1. The zero-order valence-corrected chi connectivity index (χ0v) is 9.36. The van der Waals surface area contributed by atoms with Crippen LogP contribution in [0, 0.1) is 10.8 Å². The number of urea groups is 1. The molecule has 2 amide bonds. The molecule has 1 aliphatic carbocycles. The Morgan fingerprint density at radius 2 is 2.00 bits per heavy atom. The maximum absolute atomic E-state index is 11.4. The fraction of sp³-hybridized carbons (Fsp3) is 0. The second-order valence-corrected chi connectivity index (χ2v) is 3.13. The van der Waals surface area contributed by atoms with Crippen LogP contribution < -0.4 is 11.5 Å². The van der Waals surface area contributed by atoms with Gasteiger partial charge in [-0.2, -0.15) is 5.01 Å². The lowest BCUT2D eigenvalue weighted by atomic mass is 10.1. The molecule has 0 aromatic rings. The van der Waals surface area contributed by atoms with Crippen LogP contribution in [0.3, 0.4) is 0 Å². The minimum absolute atomic E-state index is 0.0296. The van der Waals surface area contributed by atoms with E-state index in [0.29, 0.717) is 5.01 Å². The van der Waals surface area contributed by atoms with Crippen LogP contribution in [0.2, 0.25) is 0 Å². The van der Waals surface area contributed by atoms with E-state index in [-0.39, 0.29) is 23.1 Å². The van der Waals surface area contributed by atoms with Crippen molar-refractivity contribution in [3.8, 4) is 0 Å². The summed E-state index contributed by atoms with van der Waals surface area (Å²) in [5.41, 5.74) is 10.4. The van der Waals surface area contributed by atoms with Crippen molar-refractivity contribution in [3.05, 3.63) is 23.9 Å². The summed E-state index contributed by atoms with van der Waals surface area (Å²) in [4.78, 5) is 11.4. The molecule has 6 N–H and O–H groups in total. The molecule has 0 radical (unpaired) electrons. The maximum atomic E-state index is 11.4. The summed E-state index contributed by atoms with van der Waals surface area (Å²) < 4.78 is 3.00. The third-order valence-corrected chi connectivity index (χ3v) is 1.86. The maximum Gasteiger partial charge on any atom is 0.380 e. The van der Waals surface area contributed by atoms with Crippen molar-refractivity contribution in [1.29, 1.82) is 10.8 Å². The second kappa shape index (κ2) is 5.07. The number of hydrogen-bond acceptors (Lipinski definition) is 5. The first-order chi connectivity index (χ1) is 7.95. The quantitative estimate of drug-likeness (QED) is 0.233. The first kappa shape index (κ1) is 12.6. The largest absolute Gasteiger partial charge is 0.380 e. The lowest BCUT2D eigenvalue weighted by molar-refractivity contribution is 0.225. The van der Waals surface area contributed by atoms with Crippen molar-refractivity contribution >= 4 is 35.8 Å². The molecule has 0 saturated carbocycles. The number of amides is 2. The highest BCUT2D eigenvalue weighted by molar-refractivity contribution is 7.47. The van der Waals surface area contributed by atoms with Crippen LogP contribution in [-0.4, -0.2) is 28.4 Å². The molecule has 1 rings (SSSR count). The predicted molar refractivity (Wildman–Crippen MR) is 65.5 cm³/mol. The van der Waals surface area contributed by atoms with Crippen LogP contribution in [0.5, 0.6) is 0 Å². The SMILES string of the molecule is N=C1C=CC(=N)C(N(N=C(N)N)C(=O)N=S)=C1. The van der Waals surface area contributed by atoms with Gasteiger partial charge in [0.15, 0.2) is 0 Å². The summed E-state index contributed by atoms with van der Waals surface area (Å²) in [5.74, 6) is -0.383. The molecule has 88 valence electrons. The van der Waals surface area contributed by atoms with Gasteiger partial charge < -0.3 is 16.9 Å². The third kappa shape index (κ3) is 3.01. The minimum atomic E-state index is -0.910. The molecule has 1 aliphatic rings. The van der Waals surface area contributed by atoms with E-state index in [4.69, 9.17) is 22.3 Å². The molecule has 0 aromatic carbocycles. The van der Waals surface area contributed by atoms with Gasteiger partial charge in [0.05, 0.1) is 17.1 Å². The van der Waals surface area contributed by atoms with E-state index in [1.54, 1.807) is 0 Å². The highest BCUT2D eigenvalue weighted by Gasteiger charge is 2.22. The number of nitrogens with one attached hydrogen (secondary N) is 2. The van der Waals surface area contributed by atoms with Crippen molar-refractivity contribution < 1.29 is 4.79 Å². The number of rotatable bonds is 2. The third-order valence-electron chi connectivity index (χ3n) is 1.70. The fourth-order valence-corrected chi connectivity index (χ4v) is 1.14. The highest BCUT2D eigenvalue weighted by atomic mass is 32.1. The van der Waals surface area contributed by atoms with Gasteiger partial charge in [-0.15, -0.1) is 9.46 Å². The molecule has 0 aromatic heterocycles. The number of hydrazone groups is 1. The van der Waals surface area contributed by atoms with Gasteiger partial charge in [0.2, 0.25) is 5.96 Å². The first-order valence-corrected chi connectivity index (χ1v) is 4.66. The van der Waals surface area contributed by atoms with Crippen molar-refractivity contribution in [3.63, 3.8) is 0 Å². The molecule has 0 fully saturated rings. The molecular formula is C8H9N7OS. The van der Waals surface area contributed by atoms with Crippen molar-refractivity contribution in [2.45, 2.75) is 0 Å². The topological polar surface area (TPSA) is 145 Å². The lowest BCUT2D eigenvalue weighted by Gasteiger charge is -2.18. The van der Waals surface area contributed by atoms with Crippen LogP contribution in [0.1, 0.15) is 0 Å². The fourth-order valence-electron chi connectivity index (χ4n) is 1.06. The van der Waals surface area contributed by atoms with Gasteiger partial charge in [0.25, 0.3) is 0 Å². The van der Waals surface area contributed by atoms with E-state index >= 15 is 0 Å². The van der Waals surface area contributed by atoms with E-state index in [1.807, 2.05) is 0 Å². The Bertz CT molecular complexity index is 486. The van der Waals surface area contributed by atoms with Gasteiger partial charge in [-0.3, -0.25) is 5.41 Å². The minimum Gasteiger partial charge on any atom is -0.369 e. The van der Waals surface area contributed by atoms with Gasteiger partial charge in [0, 0.05) is 12.4 Å². The highest BCUT2D eigenvalue weighted by Crippen LogP contribution is 2.13. The summed E-state index contributed by atoms with van der Waals surface area (Å²) in [6.45, 7) is 0. The van der Waals surface area contributed by atoms with Crippen LogP contribution >= 0.6 is 0 Å². The average molecular weight is 251 g/mol. The number of guanidine groups is 1. The Hall–Kier alpha value is -2.42. The van der Waals surface area contributed by atoms with E-state index in [2.05, 4.69) is 21.9 Å². The predicted octanol–water partition coefficient (Wildman–Crippen LogP) is -0.179. The van der Waals surface area contributed by atoms with Crippen LogP contribution in [0.25, 0.3) is 0 Å². The first-order valence-electron chi connectivity index (χ1n) is 4.30. The molecular weight excluding hydrogens is 242 g/mol. The smallest absolute Gasteiger partial charge is 0.369 e. The Kier molecular flexibility index (Phi) is 3.78. The van der Waals surface area contributed by atoms with Gasteiger partial charge in [-0.05, 0) is 18.2 Å². The molecule has 9 heteroatoms. The van der Waals surface area contributed by atoms with Crippen molar-refractivity contribution in [1.82, 2.24) is 5.01 Å². The molecule has 0 heterocycles. The number of allylic oxidation sites excluding steroid dienone is 3. The molecule has 0 atom stereocenters. The Balaban J connectivity index is 3.19. The number of hydrogen-bond donors (Lipinski definition) is 4. The van der Waals surface area contributed by atoms with Gasteiger partial charge in [0.1, 0.15) is 0 Å². The number of nitrogens with zero attached hydrogens (tertiary/aromatic N) is 3. The number of carbonyl (C=O) groups excluding carboxylic acids is 1. The monoisotopic (exact) mass is 251 g/mol. The Morgan fingerprint density at radius 1 is 1.35 bits per heavy atom. The Morgan fingerprint density at radius 3 is 2.53 bits per heavy atom. The standard InChI is InChI=1S/C8H9N7OS/c9-4-1-2-5(10)6(3-4)15(8(16)14-17)13-7(11)12/h1-3,9-10H,(H4,11,12,13). The van der Waals surface area contributed by atoms with E-state index in [1.165, 1.54) is 18.2 Å². The molecule has 0 bridgehead atoms. The molecule has 8 nitrogen and oxygen atoms in total. The molecule has 0 spiro atoms. The lowest BCUT2D eigenvalue weighted by Crippen LogP contribution is -2.33. The van der Waals surface area contributed by atoms with Gasteiger partial charge >= 0.3 is 6.03 Å². The van der Waals surface area contributed by atoms with Crippen LogP contribution in [-0.2, 0) is 12.4 Å². The summed E-state index contributed by atoms with van der Waals surface area (Å²) in [6, 6.07) is -0.910. The zero-order valence-electron chi connectivity index (χ0n) is 8.54. The van der Waals surface area contributed by atoms with E-state index in [9.17, 15) is 4.79 Å². The van der Waals surface area contributed by atoms with Crippen molar-refractivity contribution in [2.75, 3.05) is 0 Å². The number of nitrogens with two attached hydrogens (primary N) is 2. The van der Waals surface area contributed by atoms with E-state index in [0.717, 1.165) is 0 Å². The second-order valence-electron chi connectivity index (χ2n) is 2.94. The Labute approximate surface area is 102 Å². The molecule has 0 unspecified atom stereocenters. The normalized spacial score (nSPS) is 14.0.